The predicted molar refractivity (Wildman–Crippen MR) is 126 cm³/mol. The Bertz CT molecular complexity index is 393. The maximum Gasteiger partial charge on any atom is 0.305 e. The van der Waals surface area contributed by atoms with Crippen molar-refractivity contribution in [1.82, 2.24) is 0 Å². The molecule has 0 heterocycles. The van der Waals surface area contributed by atoms with Crippen LogP contribution in [0.2, 0.25) is 0 Å². The van der Waals surface area contributed by atoms with E-state index in [0.717, 1.165) is 64.1 Å². The van der Waals surface area contributed by atoms with Gasteiger partial charge in [-0.25, -0.2) is 0 Å². The first kappa shape index (κ1) is 33.4. The van der Waals surface area contributed by atoms with E-state index in [0.29, 0.717) is 12.8 Å². The number of aliphatic hydroxyl groups excluding tert-OH is 1. The smallest absolute Gasteiger partial charge is 0.305 e. The highest BCUT2D eigenvalue weighted by atomic mass is 16.5. The molecule has 2 N–H and O–H groups in total. The lowest BCUT2D eigenvalue weighted by Crippen LogP contribution is -2.22. The molecular formula is C25H50O5. The summed E-state index contributed by atoms with van der Waals surface area (Å²) in [6.07, 6.45) is 12.8. The fourth-order valence-corrected chi connectivity index (χ4v) is 2.86. The topological polar surface area (TPSA) is 83.8 Å². The molecule has 5 heteroatoms. The summed E-state index contributed by atoms with van der Waals surface area (Å²) in [5.74, 6) is 0.0471. The minimum Gasteiger partial charge on any atom is -0.469 e. The number of ether oxygens (including phenoxy) is 1. The highest BCUT2D eigenvalue weighted by Gasteiger charge is 2.16. The average Bonchev–Trinajstić information content (AvgIpc) is 2.73. The monoisotopic (exact) mass is 430 g/mol. The van der Waals surface area contributed by atoms with Crippen LogP contribution in [0.3, 0.4) is 0 Å². The van der Waals surface area contributed by atoms with E-state index in [4.69, 9.17) is 0 Å². The molecule has 0 aliphatic heterocycles. The molecule has 0 bridgehead atoms. The molecule has 0 aromatic rings. The van der Waals surface area contributed by atoms with Crippen molar-refractivity contribution in [1.29, 1.82) is 0 Å². The van der Waals surface area contributed by atoms with Gasteiger partial charge in [0.2, 0.25) is 0 Å². The molecule has 0 saturated heterocycles. The molecule has 0 aliphatic carbocycles. The fourth-order valence-electron chi connectivity index (χ4n) is 2.86. The second-order valence-electron chi connectivity index (χ2n) is 7.92. The van der Waals surface area contributed by atoms with Crippen LogP contribution >= 0.6 is 0 Å². The second kappa shape index (κ2) is 24.1. The molecule has 0 aliphatic rings. The van der Waals surface area contributed by atoms with Crippen LogP contribution in [-0.4, -0.2) is 41.3 Å². The van der Waals surface area contributed by atoms with Gasteiger partial charge >= 0.3 is 5.97 Å². The van der Waals surface area contributed by atoms with Gasteiger partial charge in [-0.3, -0.25) is 4.79 Å². The van der Waals surface area contributed by atoms with Gasteiger partial charge in [-0.2, -0.15) is 0 Å². The van der Waals surface area contributed by atoms with Crippen LogP contribution in [0, 0.1) is 5.92 Å². The van der Waals surface area contributed by atoms with Crippen molar-refractivity contribution in [3.63, 3.8) is 0 Å². The Morgan fingerprint density at radius 3 is 2.20 bits per heavy atom. The van der Waals surface area contributed by atoms with E-state index < -0.39 is 11.7 Å². The summed E-state index contributed by atoms with van der Waals surface area (Å²) in [5, 5.41) is 19.1. The minimum absolute atomic E-state index is 0.138. The van der Waals surface area contributed by atoms with Gasteiger partial charge in [0.05, 0.1) is 18.8 Å². The average molecular weight is 431 g/mol. The van der Waals surface area contributed by atoms with Crippen LogP contribution in [0.25, 0.3) is 0 Å². The Balaban J connectivity index is -0.000000514. The molecule has 0 aromatic heterocycles. The first-order valence-electron chi connectivity index (χ1n) is 11.8. The Morgan fingerprint density at radius 1 is 1.13 bits per heavy atom. The van der Waals surface area contributed by atoms with Gasteiger partial charge in [0.1, 0.15) is 6.29 Å². The summed E-state index contributed by atoms with van der Waals surface area (Å²) in [5.41, 5.74) is -0.516. The van der Waals surface area contributed by atoms with E-state index >= 15 is 0 Å². The van der Waals surface area contributed by atoms with E-state index in [1.54, 1.807) is 6.08 Å². The molecule has 5 nitrogen and oxygen atoms in total. The third-order valence-corrected chi connectivity index (χ3v) is 4.92. The highest BCUT2D eigenvalue weighted by molar-refractivity contribution is 5.68. The van der Waals surface area contributed by atoms with Crippen LogP contribution in [0.4, 0.5) is 0 Å². The number of hydrogen-bond acceptors (Lipinski definition) is 5. The zero-order valence-corrected chi connectivity index (χ0v) is 20.6. The largest absolute Gasteiger partial charge is 0.469 e. The van der Waals surface area contributed by atoms with Crippen molar-refractivity contribution >= 4 is 12.3 Å². The minimum atomic E-state index is -0.516. The first-order valence-corrected chi connectivity index (χ1v) is 11.8. The van der Waals surface area contributed by atoms with Crippen molar-refractivity contribution in [2.24, 2.45) is 5.92 Å². The fraction of sp³-hybridized carbons (Fsp3) is 0.840. The number of hydrogen-bond donors (Lipinski definition) is 2. The van der Waals surface area contributed by atoms with Crippen LogP contribution in [0.15, 0.2) is 12.7 Å². The molecule has 0 amide bonds. The third-order valence-electron chi connectivity index (χ3n) is 4.92. The van der Waals surface area contributed by atoms with Crippen LogP contribution in [-0.2, 0) is 14.3 Å². The summed E-state index contributed by atoms with van der Waals surface area (Å²) >= 11 is 0. The number of carbonyl (C=O) groups excluding carboxylic acids is 2. The summed E-state index contributed by atoms with van der Waals surface area (Å²) in [6.45, 7) is 13.6. The standard InChI is InChI=1S/C14H26O4.C9H18O.C2H6/c1-12(13(16)10-11-15)8-6-4-3-5-7-9-14(17)18-2;1-4-6-8-9(3,10)7-5-2;1-2/h11-13,16H,3-10H2,1-2H3;5,10H,2,4,6-8H2,1,3H3;1-2H3. The van der Waals surface area contributed by atoms with Gasteiger partial charge in [-0.1, -0.05) is 72.3 Å². The molecular weight excluding hydrogens is 380 g/mol. The van der Waals surface area contributed by atoms with Crippen LogP contribution in [0.1, 0.15) is 112 Å². The SMILES string of the molecule is C=CCC(C)(O)CCCC.CC.COC(=O)CCCCCCCC(C)C(O)CC=O. The Kier molecular flexibility index (Phi) is 26.8. The van der Waals surface area contributed by atoms with Gasteiger partial charge < -0.3 is 19.7 Å². The predicted octanol–water partition coefficient (Wildman–Crippen LogP) is 6.01. The number of carbonyl (C=O) groups is 2. The van der Waals surface area contributed by atoms with Gasteiger partial charge in [-0.15, -0.1) is 6.58 Å². The molecule has 0 fully saturated rings. The quantitative estimate of drug-likeness (QED) is 0.136. The van der Waals surface area contributed by atoms with Gasteiger partial charge in [0, 0.05) is 12.8 Å². The number of rotatable bonds is 16. The number of aldehydes is 1. The Morgan fingerprint density at radius 2 is 1.70 bits per heavy atom. The summed E-state index contributed by atoms with van der Waals surface area (Å²) < 4.78 is 4.56. The molecule has 0 aromatic carbocycles. The van der Waals surface area contributed by atoms with Gasteiger partial charge in [-0.05, 0) is 38.5 Å². The zero-order valence-electron chi connectivity index (χ0n) is 20.6. The molecule has 0 spiro atoms. The summed E-state index contributed by atoms with van der Waals surface area (Å²) in [4.78, 5) is 21.1. The van der Waals surface area contributed by atoms with Gasteiger partial charge in [0.15, 0.2) is 0 Å². The van der Waals surface area contributed by atoms with Crippen LogP contribution in [0.5, 0.6) is 0 Å². The van der Waals surface area contributed by atoms with E-state index in [-0.39, 0.29) is 18.3 Å². The maximum atomic E-state index is 10.8. The van der Waals surface area contributed by atoms with Crippen molar-refractivity contribution in [3.05, 3.63) is 12.7 Å². The molecule has 30 heavy (non-hydrogen) atoms. The molecule has 3 atom stereocenters. The molecule has 3 unspecified atom stereocenters. The van der Waals surface area contributed by atoms with E-state index in [9.17, 15) is 19.8 Å². The molecule has 0 radical (unpaired) electrons. The third kappa shape index (κ3) is 24.8. The normalized spacial score (nSPS) is 14.0. The summed E-state index contributed by atoms with van der Waals surface area (Å²) in [7, 11) is 1.41. The lowest BCUT2D eigenvalue weighted by Gasteiger charge is -2.20. The lowest BCUT2D eigenvalue weighted by atomic mass is 9.95. The lowest BCUT2D eigenvalue weighted by molar-refractivity contribution is -0.140. The van der Waals surface area contributed by atoms with E-state index in [1.807, 2.05) is 27.7 Å². The van der Waals surface area contributed by atoms with E-state index in [1.165, 1.54) is 7.11 Å². The Hall–Kier alpha value is -1.20. The number of esters is 1. The number of methoxy groups -OCH3 is 1. The molecule has 0 rings (SSSR count). The second-order valence-corrected chi connectivity index (χ2v) is 7.92. The molecule has 0 saturated carbocycles. The number of unbranched alkanes of at least 4 members (excludes halogenated alkanes) is 5. The van der Waals surface area contributed by atoms with Crippen molar-refractivity contribution < 1.29 is 24.5 Å². The van der Waals surface area contributed by atoms with Crippen molar-refractivity contribution in [2.45, 2.75) is 123 Å². The van der Waals surface area contributed by atoms with Gasteiger partial charge in [0.25, 0.3) is 0 Å². The first-order chi connectivity index (χ1) is 14.2. The zero-order chi connectivity index (χ0) is 23.8. The summed E-state index contributed by atoms with van der Waals surface area (Å²) in [6, 6.07) is 0. The van der Waals surface area contributed by atoms with Crippen LogP contribution < -0.4 is 0 Å². The molecule has 180 valence electrons. The van der Waals surface area contributed by atoms with E-state index in [2.05, 4.69) is 18.2 Å². The number of aliphatic hydroxyl groups is 2. The Labute approximate surface area is 186 Å². The highest BCUT2D eigenvalue weighted by Crippen LogP contribution is 2.17. The maximum absolute atomic E-state index is 10.8. The van der Waals surface area contributed by atoms with Crippen molar-refractivity contribution in [2.75, 3.05) is 7.11 Å². The van der Waals surface area contributed by atoms with Crippen molar-refractivity contribution in [3.8, 4) is 0 Å².